The van der Waals surface area contributed by atoms with Crippen molar-refractivity contribution in [3.8, 4) is 0 Å². The van der Waals surface area contributed by atoms with Gasteiger partial charge in [-0.2, -0.15) is 0 Å². The van der Waals surface area contributed by atoms with E-state index in [1.54, 1.807) is 0 Å². The van der Waals surface area contributed by atoms with Crippen LogP contribution in [-0.2, 0) is 14.3 Å². The molecule has 2 aliphatic rings. The van der Waals surface area contributed by atoms with Crippen LogP contribution in [0.1, 0.15) is 6.42 Å². The second kappa shape index (κ2) is 6.33. The van der Waals surface area contributed by atoms with Gasteiger partial charge in [0.1, 0.15) is 0 Å². The monoisotopic (exact) mass is 242 g/mol. The Hall–Kier alpha value is -0.650. The second-order valence-corrected chi connectivity index (χ2v) is 4.76. The summed E-state index contributed by atoms with van der Waals surface area (Å²) in [6.07, 6.45) is 0.940. The van der Waals surface area contributed by atoms with Crippen molar-refractivity contribution >= 4 is 5.97 Å². The highest BCUT2D eigenvalue weighted by atomic mass is 16.5. The maximum Gasteiger partial charge on any atom is 0.310 e. The van der Waals surface area contributed by atoms with Crippen LogP contribution in [-0.4, -0.2) is 75.4 Å². The average Bonchev–Trinajstić information content (AvgIpc) is 2.85. The molecule has 5 nitrogen and oxygen atoms in total. The summed E-state index contributed by atoms with van der Waals surface area (Å²) < 4.78 is 10.1. The van der Waals surface area contributed by atoms with E-state index in [0.29, 0.717) is 0 Å². The van der Waals surface area contributed by atoms with Gasteiger partial charge in [-0.3, -0.25) is 9.69 Å². The molecule has 0 bridgehead atoms. The number of hydrogen-bond donors (Lipinski definition) is 0. The lowest BCUT2D eigenvalue weighted by Crippen LogP contribution is -2.41. The summed E-state index contributed by atoms with van der Waals surface area (Å²) in [5, 5.41) is 0. The molecule has 98 valence electrons. The van der Waals surface area contributed by atoms with Crippen LogP contribution in [0.2, 0.25) is 0 Å². The minimum Gasteiger partial charge on any atom is -0.469 e. The van der Waals surface area contributed by atoms with Crippen molar-refractivity contribution in [1.29, 1.82) is 0 Å². The first-order chi connectivity index (χ1) is 8.29. The number of nitrogens with zero attached hydrogens (tertiary/aromatic N) is 2. The SMILES string of the molecule is COC(=O)C1CCN(CCN2CCOCC2)C1. The number of rotatable bonds is 4. The summed E-state index contributed by atoms with van der Waals surface area (Å²) in [5.74, 6) is 0.0311. The molecule has 2 aliphatic heterocycles. The largest absolute Gasteiger partial charge is 0.469 e. The smallest absolute Gasteiger partial charge is 0.310 e. The molecular weight excluding hydrogens is 220 g/mol. The molecule has 0 spiro atoms. The summed E-state index contributed by atoms with van der Waals surface area (Å²) in [7, 11) is 1.47. The summed E-state index contributed by atoms with van der Waals surface area (Å²) in [4.78, 5) is 16.2. The van der Waals surface area contributed by atoms with Crippen molar-refractivity contribution in [2.24, 2.45) is 5.92 Å². The van der Waals surface area contributed by atoms with Crippen LogP contribution in [0, 0.1) is 5.92 Å². The van der Waals surface area contributed by atoms with Crippen LogP contribution in [0.3, 0.4) is 0 Å². The Balaban J connectivity index is 1.65. The fourth-order valence-electron chi connectivity index (χ4n) is 2.50. The zero-order chi connectivity index (χ0) is 12.1. The molecule has 2 heterocycles. The zero-order valence-electron chi connectivity index (χ0n) is 10.6. The molecule has 17 heavy (non-hydrogen) atoms. The molecule has 2 rings (SSSR count). The number of carbonyl (C=O) groups excluding carboxylic acids is 1. The van der Waals surface area contributed by atoms with E-state index in [0.717, 1.165) is 58.9 Å². The Labute approximate surface area is 103 Å². The Morgan fingerprint density at radius 2 is 1.94 bits per heavy atom. The molecule has 0 amide bonds. The van der Waals surface area contributed by atoms with Gasteiger partial charge >= 0.3 is 5.97 Å². The summed E-state index contributed by atoms with van der Waals surface area (Å²) >= 11 is 0. The third kappa shape index (κ3) is 3.66. The summed E-state index contributed by atoms with van der Waals surface area (Å²) in [6.45, 7) is 7.78. The van der Waals surface area contributed by atoms with E-state index >= 15 is 0 Å². The molecule has 1 unspecified atom stereocenters. The van der Waals surface area contributed by atoms with E-state index in [1.807, 2.05) is 0 Å². The number of morpholine rings is 1. The lowest BCUT2D eigenvalue weighted by atomic mass is 10.1. The molecule has 0 aliphatic carbocycles. The van der Waals surface area contributed by atoms with Crippen LogP contribution in [0.25, 0.3) is 0 Å². The molecule has 0 aromatic heterocycles. The van der Waals surface area contributed by atoms with Gasteiger partial charge in [-0.1, -0.05) is 0 Å². The first-order valence-electron chi connectivity index (χ1n) is 6.40. The van der Waals surface area contributed by atoms with Crippen LogP contribution in [0.4, 0.5) is 0 Å². The number of methoxy groups -OCH3 is 1. The van der Waals surface area contributed by atoms with E-state index in [9.17, 15) is 4.79 Å². The molecule has 0 N–H and O–H groups in total. The van der Waals surface area contributed by atoms with Gasteiger partial charge in [0.15, 0.2) is 0 Å². The number of carbonyl (C=O) groups is 1. The number of hydrogen-bond acceptors (Lipinski definition) is 5. The maximum atomic E-state index is 11.4. The zero-order valence-corrected chi connectivity index (χ0v) is 10.6. The second-order valence-electron chi connectivity index (χ2n) is 4.76. The van der Waals surface area contributed by atoms with Gasteiger partial charge in [-0.25, -0.2) is 0 Å². The third-order valence-electron chi connectivity index (χ3n) is 3.64. The highest BCUT2D eigenvalue weighted by molar-refractivity contribution is 5.72. The highest BCUT2D eigenvalue weighted by Crippen LogP contribution is 2.17. The Morgan fingerprint density at radius 1 is 1.24 bits per heavy atom. The van der Waals surface area contributed by atoms with Crippen molar-refractivity contribution in [3.63, 3.8) is 0 Å². The van der Waals surface area contributed by atoms with Crippen molar-refractivity contribution in [2.45, 2.75) is 6.42 Å². The van der Waals surface area contributed by atoms with Gasteiger partial charge in [0.25, 0.3) is 0 Å². The molecule has 2 fully saturated rings. The Morgan fingerprint density at radius 3 is 2.65 bits per heavy atom. The fourth-order valence-corrected chi connectivity index (χ4v) is 2.50. The molecule has 0 saturated carbocycles. The Bertz CT molecular complexity index is 254. The summed E-state index contributed by atoms with van der Waals surface area (Å²) in [6, 6.07) is 0. The first-order valence-corrected chi connectivity index (χ1v) is 6.40. The van der Waals surface area contributed by atoms with E-state index in [1.165, 1.54) is 7.11 Å². The molecule has 0 radical (unpaired) electrons. The minimum atomic E-state index is -0.0566. The maximum absolute atomic E-state index is 11.4. The van der Waals surface area contributed by atoms with Gasteiger partial charge < -0.3 is 14.4 Å². The predicted molar refractivity (Wildman–Crippen MR) is 63.8 cm³/mol. The lowest BCUT2D eigenvalue weighted by molar-refractivity contribution is -0.144. The highest BCUT2D eigenvalue weighted by Gasteiger charge is 2.28. The van der Waals surface area contributed by atoms with Crippen LogP contribution >= 0.6 is 0 Å². The predicted octanol–water partition coefficient (Wildman–Crippen LogP) is -0.186. The van der Waals surface area contributed by atoms with Crippen molar-refractivity contribution in [2.75, 3.05) is 59.6 Å². The first kappa shape index (κ1) is 12.8. The topological polar surface area (TPSA) is 42.0 Å². The van der Waals surface area contributed by atoms with E-state index in [4.69, 9.17) is 9.47 Å². The number of likely N-dealkylation sites (tertiary alicyclic amines) is 1. The van der Waals surface area contributed by atoms with Gasteiger partial charge in [-0.15, -0.1) is 0 Å². The Kier molecular flexibility index (Phi) is 4.76. The van der Waals surface area contributed by atoms with Gasteiger partial charge in [-0.05, 0) is 13.0 Å². The number of ether oxygens (including phenoxy) is 2. The molecule has 0 aromatic carbocycles. The van der Waals surface area contributed by atoms with Crippen molar-refractivity contribution < 1.29 is 14.3 Å². The van der Waals surface area contributed by atoms with Crippen LogP contribution in [0.15, 0.2) is 0 Å². The van der Waals surface area contributed by atoms with Crippen molar-refractivity contribution in [3.05, 3.63) is 0 Å². The average molecular weight is 242 g/mol. The standard InChI is InChI=1S/C12H22N2O3/c1-16-12(15)11-2-3-14(10-11)5-4-13-6-8-17-9-7-13/h11H,2-10H2,1H3. The molecule has 0 aromatic rings. The van der Waals surface area contributed by atoms with E-state index in [-0.39, 0.29) is 11.9 Å². The van der Waals surface area contributed by atoms with Crippen LogP contribution in [0.5, 0.6) is 0 Å². The van der Waals surface area contributed by atoms with Gasteiger partial charge in [0.05, 0.1) is 26.2 Å². The third-order valence-corrected chi connectivity index (χ3v) is 3.64. The number of esters is 1. The van der Waals surface area contributed by atoms with E-state index in [2.05, 4.69) is 9.80 Å². The minimum absolute atomic E-state index is 0.0566. The van der Waals surface area contributed by atoms with Gasteiger partial charge in [0.2, 0.25) is 0 Å². The van der Waals surface area contributed by atoms with Crippen molar-refractivity contribution in [1.82, 2.24) is 9.80 Å². The quantitative estimate of drug-likeness (QED) is 0.639. The lowest BCUT2D eigenvalue weighted by Gasteiger charge is -2.28. The van der Waals surface area contributed by atoms with E-state index < -0.39 is 0 Å². The molecule has 1 atom stereocenters. The molecular formula is C12H22N2O3. The molecule has 5 heteroatoms. The fraction of sp³-hybridized carbons (Fsp3) is 0.917. The molecule has 2 saturated heterocycles. The normalized spacial score (nSPS) is 27.2. The summed E-state index contributed by atoms with van der Waals surface area (Å²) in [5.41, 5.74) is 0. The van der Waals surface area contributed by atoms with Gasteiger partial charge in [0, 0.05) is 32.7 Å². The van der Waals surface area contributed by atoms with Crippen LogP contribution < -0.4 is 0 Å².